The monoisotopic (exact) mass is 317 g/mol. The van der Waals surface area contributed by atoms with Gasteiger partial charge in [0.1, 0.15) is 17.3 Å². The van der Waals surface area contributed by atoms with E-state index in [4.69, 9.17) is 10.8 Å². The van der Waals surface area contributed by atoms with Gasteiger partial charge >= 0.3 is 5.97 Å². The van der Waals surface area contributed by atoms with E-state index in [9.17, 15) is 14.3 Å². The number of aliphatic hydroxyl groups excluding tert-OH is 1. The van der Waals surface area contributed by atoms with Gasteiger partial charge in [-0.1, -0.05) is 6.07 Å². The van der Waals surface area contributed by atoms with Crippen molar-refractivity contribution >= 4 is 11.8 Å². The van der Waals surface area contributed by atoms with Crippen LogP contribution in [-0.2, 0) is 0 Å². The number of nitrogens with two attached hydrogens (primary N) is 1. The lowest BCUT2D eigenvalue weighted by Crippen LogP contribution is -2.06. The summed E-state index contributed by atoms with van der Waals surface area (Å²) in [5, 5.41) is 18.5. The molecule has 0 saturated heterocycles. The molecule has 120 valence electrons. The number of hydrogen-bond acceptors (Lipinski definition) is 5. The maximum Gasteiger partial charge on any atom is 0.338 e. The smallest absolute Gasteiger partial charge is 0.338 e. The van der Waals surface area contributed by atoms with Gasteiger partial charge in [0, 0.05) is 11.5 Å². The highest BCUT2D eigenvalue weighted by atomic mass is 19.1. The van der Waals surface area contributed by atoms with Crippen LogP contribution >= 0.6 is 0 Å². The summed E-state index contributed by atoms with van der Waals surface area (Å²) in [5.74, 6) is -1.94. The molecule has 1 aromatic heterocycles. The fourth-order valence-electron chi connectivity index (χ4n) is 2.88. The Balaban J connectivity index is 1.99. The van der Waals surface area contributed by atoms with Gasteiger partial charge in [0.15, 0.2) is 0 Å². The minimum absolute atomic E-state index is 0.0972. The summed E-state index contributed by atoms with van der Waals surface area (Å²) in [6.45, 7) is 0. The van der Waals surface area contributed by atoms with Crippen molar-refractivity contribution in [1.82, 2.24) is 9.97 Å². The van der Waals surface area contributed by atoms with Gasteiger partial charge in [0.25, 0.3) is 0 Å². The zero-order valence-corrected chi connectivity index (χ0v) is 12.2. The fourth-order valence-corrected chi connectivity index (χ4v) is 2.88. The van der Waals surface area contributed by atoms with Crippen LogP contribution in [0.25, 0.3) is 11.3 Å². The number of aromatic nitrogens is 2. The number of benzene rings is 1. The van der Waals surface area contributed by atoms with Gasteiger partial charge < -0.3 is 15.9 Å². The van der Waals surface area contributed by atoms with Crippen LogP contribution in [-0.4, -0.2) is 32.3 Å². The van der Waals surface area contributed by atoms with Crippen molar-refractivity contribution in [2.75, 3.05) is 5.73 Å². The normalized spacial score (nSPS) is 20.6. The quantitative estimate of drug-likeness (QED) is 0.800. The second kappa shape index (κ2) is 5.92. The van der Waals surface area contributed by atoms with Crippen LogP contribution in [0, 0.1) is 5.82 Å². The van der Waals surface area contributed by atoms with Crippen molar-refractivity contribution in [1.29, 1.82) is 0 Å². The average molecular weight is 317 g/mol. The first-order valence-electron chi connectivity index (χ1n) is 7.29. The van der Waals surface area contributed by atoms with Crippen LogP contribution < -0.4 is 5.73 Å². The summed E-state index contributed by atoms with van der Waals surface area (Å²) >= 11 is 0. The molecule has 1 saturated carbocycles. The molecule has 0 bridgehead atoms. The van der Waals surface area contributed by atoms with Crippen LogP contribution in [0.4, 0.5) is 10.2 Å². The molecule has 0 spiro atoms. The summed E-state index contributed by atoms with van der Waals surface area (Å²) in [6.07, 6.45) is 3.38. The standard InChI is InChI=1S/C16H16FN3O3/c17-12-6-9(2-4-11(12)16(22)23)14-15(18)19-7-13(20-14)8-1-3-10(21)5-8/h2,4,6-8,10,21H,1,3,5H2,(H2,18,19)(H,22,23)/t8-,10+/m1/s1. The number of rotatable bonds is 3. The highest BCUT2D eigenvalue weighted by Crippen LogP contribution is 2.35. The Morgan fingerprint density at radius 3 is 2.74 bits per heavy atom. The molecule has 0 aliphatic heterocycles. The number of nitrogens with zero attached hydrogens (tertiary/aromatic N) is 2. The van der Waals surface area contributed by atoms with Crippen molar-refractivity contribution in [2.45, 2.75) is 31.3 Å². The molecule has 4 N–H and O–H groups in total. The molecule has 0 amide bonds. The van der Waals surface area contributed by atoms with Crippen molar-refractivity contribution in [2.24, 2.45) is 0 Å². The Morgan fingerprint density at radius 1 is 1.35 bits per heavy atom. The van der Waals surface area contributed by atoms with Crippen LogP contribution in [0.1, 0.15) is 41.2 Å². The summed E-state index contributed by atoms with van der Waals surface area (Å²) in [7, 11) is 0. The van der Waals surface area contributed by atoms with Crippen molar-refractivity contribution in [3.8, 4) is 11.3 Å². The average Bonchev–Trinajstić information content (AvgIpc) is 2.94. The second-order valence-corrected chi connectivity index (χ2v) is 5.69. The molecule has 0 unspecified atom stereocenters. The van der Waals surface area contributed by atoms with Crippen molar-refractivity contribution in [3.05, 3.63) is 41.5 Å². The molecular weight excluding hydrogens is 301 g/mol. The molecule has 0 radical (unpaired) electrons. The van der Waals surface area contributed by atoms with E-state index >= 15 is 0 Å². The van der Waals surface area contributed by atoms with Crippen molar-refractivity contribution in [3.63, 3.8) is 0 Å². The molecule has 6 nitrogen and oxygen atoms in total. The van der Waals surface area contributed by atoms with E-state index in [2.05, 4.69) is 9.97 Å². The summed E-state index contributed by atoms with van der Waals surface area (Å²) in [6, 6.07) is 3.73. The number of carboxylic acid groups (broad SMARTS) is 1. The van der Waals surface area contributed by atoms with Crippen LogP contribution in [0.3, 0.4) is 0 Å². The first kappa shape index (κ1) is 15.4. The minimum atomic E-state index is -1.33. The molecule has 7 heteroatoms. The molecule has 3 rings (SSSR count). The highest BCUT2D eigenvalue weighted by Gasteiger charge is 2.26. The summed E-state index contributed by atoms with van der Waals surface area (Å²) in [5.41, 5.74) is 6.82. The van der Waals surface area contributed by atoms with Gasteiger partial charge in [-0.15, -0.1) is 0 Å². The number of anilines is 1. The Morgan fingerprint density at radius 2 is 2.13 bits per heavy atom. The third kappa shape index (κ3) is 3.00. The zero-order chi connectivity index (χ0) is 16.6. The topological polar surface area (TPSA) is 109 Å². The van der Waals surface area contributed by atoms with Gasteiger partial charge in [-0.25, -0.2) is 19.2 Å². The number of aliphatic hydroxyl groups is 1. The van der Waals surface area contributed by atoms with Gasteiger partial charge in [-0.2, -0.15) is 0 Å². The van der Waals surface area contributed by atoms with E-state index in [0.29, 0.717) is 29.8 Å². The Hall–Kier alpha value is -2.54. The van der Waals surface area contributed by atoms with Gasteiger partial charge in [-0.05, 0) is 31.4 Å². The minimum Gasteiger partial charge on any atom is -0.478 e. The first-order valence-corrected chi connectivity index (χ1v) is 7.29. The van der Waals surface area contributed by atoms with Gasteiger partial charge in [0.2, 0.25) is 0 Å². The SMILES string of the molecule is Nc1ncc([C@@H]2CC[C@H](O)C2)nc1-c1ccc(C(=O)O)c(F)c1. The molecule has 1 heterocycles. The van der Waals surface area contributed by atoms with E-state index in [0.717, 1.165) is 12.5 Å². The second-order valence-electron chi connectivity index (χ2n) is 5.69. The number of halogens is 1. The molecule has 23 heavy (non-hydrogen) atoms. The number of carbonyl (C=O) groups is 1. The lowest BCUT2D eigenvalue weighted by atomic mass is 10.0. The summed E-state index contributed by atoms with van der Waals surface area (Å²) in [4.78, 5) is 19.4. The van der Waals surface area contributed by atoms with Crippen LogP contribution in [0.5, 0.6) is 0 Å². The largest absolute Gasteiger partial charge is 0.478 e. The molecule has 2 aromatic rings. The highest BCUT2D eigenvalue weighted by molar-refractivity contribution is 5.88. The number of aromatic carboxylic acids is 1. The lowest BCUT2D eigenvalue weighted by molar-refractivity contribution is 0.0692. The molecule has 1 fully saturated rings. The predicted octanol–water partition coefficient (Wildman–Crippen LogP) is 2.19. The van der Waals surface area contributed by atoms with Gasteiger partial charge in [0.05, 0.1) is 23.6 Å². The molecule has 1 aromatic carbocycles. The molecule has 1 aliphatic carbocycles. The summed E-state index contributed by atoms with van der Waals surface area (Å²) < 4.78 is 13.9. The number of carboxylic acids is 1. The predicted molar refractivity (Wildman–Crippen MR) is 81.4 cm³/mol. The Bertz CT molecular complexity index is 766. The first-order chi connectivity index (χ1) is 11.0. The Labute approximate surface area is 131 Å². The maximum atomic E-state index is 13.9. The fraction of sp³-hybridized carbons (Fsp3) is 0.312. The van der Waals surface area contributed by atoms with Gasteiger partial charge in [-0.3, -0.25) is 0 Å². The van der Waals surface area contributed by atoms with E-state index < -0.39 is 17.3 Å². The Kier molecular flexibility index (Phi) is 3.96. The van der Waals surface area contributed by atoms with E-state index in [-0.39, 0.29) is 17.8 Å². The third-order valence-electron chi connectivity index (χ3n) is 4.12. The van der Waals surface area contributed by atoms with Crippen molar-refractivity contribution < 1.29 is 19.4 Å². The lowest BCUT2D eigenvalue weighted by Gasteiger charge is -2.12. The molecular formula is C16H16FN3O3. The number of hydrogen-bond donors (Lipinski definition) is 3. The van der Waals surface area contributed by atoms with Crippen LogP contribution in [0.15, 0.2) is 24.4 Å². The van der Waals surface area contributed by atoms with Crippen LogP contribution in [0.2, 0.25) is 0 Å². The third-order valence-corrected chi connectivity index (χ3v) is 4.12. The van der Waals surface area contributed by atoms with E-state index in [1.54, 1.807) is 6.20 Å². The number of nitrogen functional groups attached to an aromatic ring is 1. The zero-order valence-electron chi connectivity index (χ0n) is 12.2. The molecule has 1 aliphatic rings. The van der Waals surface area contributed by atoms with E-state index in [1.165, 1.54) is 12.1 Å². The van der Waals surface area contributed by atoms with E-state index in [1.807, 2.05) is 0 Å². The maximum absolute atomic E-state index is 13.9. The molecule has 2 atom stereocenters.